The van der Waals surface area contributed by atoms with Crippen LogP contribution in [0.5, 0.6) is 0 Å². The molecule has 0 fully saturated rings. The third-order valence-corrected chi connectivity index (χ3v) is 11.2. The van der Waals surface area contributed by atoms with Gasteiger partial charge in [0, 0.05) is 20.2 Å². The number of hydrogen-bond acceptors (Lipinski definition) is 1. The Morgan fingerprint density at radius 3 is 1.31 bits per heavy atom. The second kappa shape index (κ2) is 11.3. The second-order valence-corrected chi connectivity index (χ2v) is 13.9. The molecule has 1 heteroatoms. The summed E-state index contributed by atoms with van der Waals surface area (Å²) >= 11 is 1.89. The van der Waals surface area contributed by atoms with Gasteiger partial charge in [-0.05, 0) is 89.0 Å². The first-order valence-corrected chi connectivity index (χ1v) is 17.7. The Bertz CT molecular complexity index is 2780. The fourth-order valence-electron chi connectivity index (χ4n) is 7.77. The summed E-state index contributed by atoms with van der Waals surface area (Å²) in [5.41, 5.74) is 10.00. The molecule has 0 atom stereocenters. The van der Waals surface area contributed by atoms with Crippen LogP contribution >= 0.6 is 11.3 Å². The van der Waals surface area contributed by atoms with Gasteiger partial charge in [0.05, 0.1) is 0 Å². The zero-order chi connectivity index (χ0) is 32.3. The van der Waals surface area contributed by atoms with E-state index in [1.54, 1.807) is 0 Å². The van der Waals surface area contributed by atoms with Crippen LogP contribution in [0.3, 0.4) is 0 Å². The molecule has 10 rings (SSSR count). The Balaban J connectivity index is 1.01. The van der Waals surface area contributed by atoms with Crippen LogP contribution in [0.1, 0.15) is 0 Å². The van der Waals surface area contributed by atoms with Crippen LogP contribution in [-0.4, -0.2) is 0 Å². The lowest BCUT2D eigenvalue weighted by molar-refractivity contribution is 1.60. The molecule has 228 valence electrons. The molecule has 0 radical (unpaired) electrons. The normalized spacial score (nSPS) is 11.7. The molecular formula is C48H30S. The Labute approximate surface area is 289 Å². The zero-order valence-corrected chi connectivity index (χ0v) is 27.5. The maximum Gasteiger partial charge on any atom is 0.0361 e. The van der Waals surface area contributed by atoms with Gasteiger partial charge >= 0.3 is 0 Å². The lowest BCUT2D eigenvalue weighted by Gasteiger charge is -2.18. The molecule has 0 unspecified atom stereocenters. The second-order valence-electron chi connectivity index (χ2n) is 12.8. The fourth-order valence-corrected chi connectivity index (χ4v) is 8.93. The number of benzene rings is 9. The molecule has 0 nitrogen and oxygen atoms in total. The summed E-state index contributed by atoms with van der Waals surface area (Å²) in [6.45, 7) is 0. The highest BCUT2D eigenvalue weighted by Crippen LogP contribution is 2.44. The van der Waals surface area contributed by atoms with Gasteiger partial charge in [0.25, 0.3) is 0 Å². The van der Waals surface area contributed by atoms with E-state index < -0.39 is 0 Å². The maximum absolute atomic E-state index is 2.36. The van der Waals surface area contributed by atoms with Crippen molar-refractivity contribution in [3.8, 4) is 44.5 Å². The number of rotatable bonds is 4. The van der Waals surface area contributed by atoms with Crippen LogP contribution in [0, 0.1) is 0 Å². The Kier molecular flexibility index (Phi) is 6.47. The van der Waals surface area contributed by atoms with E-state index in [0.29, 0.717) is 0 Å². The monoisotopic (exact) mass is 638 g/mol. The summed E-state index contributed by atoms with van der Waals surface area (Å²) in [6.07, 6.45) is 0. The molecule has 0 amide bonds. The quantitative estimate of drug-likeness (QED) is 0.168. The lowest BCUT2D eigenvalue weighted by atomic mass is 9.86. The van der Waals surface area contributed by atoms with Crippen LogP contribution < -0.4 is 0 Å². The van der Waals surface area contributed by atoms with E-state index >= 15 is 0 Å². The molecule has 0 saturated heterocycles. The molecule has 49 heavy (non-hydrogen) atoms. The molecule has 9 aromatic carbocycles. The first-order valence-electron chi connectivity index (χ1n) is 16.8. The van der Waals surface area contributed by atoms with Gasteiger partial charge < -0.3 is 0 Å². The average molecular weight is 639 g/mol. The fraction of sp³-hybridized carbons (Fsp3) is 0. The summed E-state index contributed by atoms with van der Waals surface area (Å²) < 4.78 is 2.68. The van der Waals surface area contributed by atoms with Crippen molar-refractivity contribution in [1.29, 1.82) is 0 Å². The highest BCUT2D eigenvalue weighted by molar-refractivity contribution is 7.26. The SMILES string of the molecule is c1ccc(-c2c3ccccc3c(-c3ccc(-c4ccc(-c5ccc6c(c5)sc5ccc7ccccc7c56)cc4)cc3)c3ccccc23)cc1. The predicted molar refractivity (Wildman–Crippen MR) is 214 cm³/mol. The largest absolute Gasteiger partial charge is 0.135 e. The van der Waals surface area contributed by atoms with Crippen molar-refractivity contribution in [2.45, 2.75) is 0 Å². The van der Waals surface area contributed by atoms with E-state index in [-0.39, 0.29) is 0 Å². The van der Waals surface area contributed by atoms with Crippen molar-refractivity contribution in [2.24, 2.45) is 0 Å². The van der Waals surface area contributed by atoms with E-state index in [1.165, 1.54) is 97.0 Å². The van der Waals surface area contributed by atoms with Crippen molar-refractivity contribution in [2.75, 3.05) is 0 Å². The van der Waals surface area contributed by atoms with E-state index in [2.05, 4.69) is 182 Å². The molecule has 0 bridgehead atoms. The molecule has 0 aliphatic heterocycles. The Hall–Kier alpha value is -6.02. The molecule has 1 heterocycles. The van der Waals surface area contributed by atoms with E-state index in [9.17, 15) is 0 Å². The van der Waals surface area contributed by atoms with Crippen molar-refractivity contribution >= 4 is 63.8 Å². The standard InChI is InChI=1S/C48H30S/c1-2-11-35(12-3-1)46-39-14-6-8-16-41(39)47(42-17-9-7-15-40(42)46)36-24-22-32(23-25-36)31-18-20-33(21-19-31)37-26-28-43-45(30-37)49-44-29-27-34-10-4-5-13-38(34)48(43)44/h1-30H. The van der Waals surface area contributed by atoms with Gasteiger partial charge in [-0.2, -0.15) is 0 Å². The Morgan fingerprint density at radius 2 is 0.714 bits per heavy atom. The molecule has 0 saturated carbocycles. The van der Waals surface area contributed by atoms with Gasteiger partial charge in [0.2, 0.25) is 0 Å². The third kappa shape index (κ3) is 4.58. The molecule has 0 N–H and O–H groups in total. The van der Waals surface area contributed by atoms with E-state index in [1.807, 2.05) is 11.3 Å². The van der Waals surface area contributed by atoms with Gasteiger partial charge in [-0.25, -0.2) is 0 Å². The lowest BCUT2D eigenvalue weighted by Crippen LogP contribution is -1.90. The summed E-state index contributed by atoms with van der Waals surface area (Å²) in [5, 5.41) is 10.5. The van der Waals surface area contributed by atoms with Crippen LogP contribution in [0.2, 0.25) is 0 Å². The minimum atomic E-state index is 1.22. The van der Waals surface area contributed by atoms with Gasteiger partial charge in [0.1, 0.15) is 0 Å². The molecular weight excluding hydrogens is 609 g/mol. The smallest absolute Gasteiger partial charge is 0.0361 e. The molecule has 0 spiro atoms. The van der Waals surface area contributed by atoms with Crippen molar-refractivity contribution in [3.05, 3.63) is 182 Å². The summed E-state index contributed by atoms with van der Waals surface area (Å²) in [6, 6.07) is 66.8. The van der Waals surface area contributed by atoms with Crippen LogP contribution in [0.4, 0.5) is 0 Å². The van der Waals surface area contributed by atoms with E-state index in [0.717, 1.165) is 0 Å². The topological polar surface area (TPSA) is 0 Å². The van der Waals surface area contributed by atoms with Gasteiger partial charge in [-0.3, -0.25) is 0 Å². The summed E-state index contributed by atoms with van der Waals surface area (Å²) in [5.74, 6) is 0. The summed E-state index contributed by atoms with van der Waals surface area (Å²) in [4.78, 5) is 0. The number of fused-ring (bicyclic) bond motifs is 7. The van der Waals surface area contributed by atoms with Crippen molar-refractivity contribution in [3.63, 3.8) is 0 Å². The molecule has 0 aliphatic rings. The Morgan fingerprint density at radius 1 is 0.265 bits per heavy atom. The van der Waals surface area contributed by atoms with Crippen LogP contribution in [0.25, 0.3) is 97.0 Å². The predicted octanol–water partition coefficient (Wildman–Crippen LogP) is 14.2. The minimum absolute atomic E-state index is 1.22. The van der Waals surface area contributed by atoms with Crippen molar-refractivity contribution < 1.29 is 0 Å². The van der Waals surface area contributed by atoms with Gasteiger partial charge in [-0.15, -0.1) is 11.3 Å². The summed E-state index contributed by atoms with van der Waals surface area (Å²) in [7, 11) is 0. The van der Waals surface area contributed by atoms with Crippen LogP contribution in [0.15, 0.2) is 182 Å². The highest BCUT2D eigenvalue weighted by Gasteiger charge is 2.16. The highest BCUT2D eigenvalue weighted by atomic mass is 32.1. The first-order chi connectivity index (χ1) is 24.3. The third-order valence-electron chi connectivity index (χ3n) is 10.1. The van der Waals surface area contributed by atoms with Gasteiger partial charge in [-0.1, -0.05) is 170 Å². The first kappa shape index (κ1) is 28.0. The number of thiophene rings is 1. The molecule has 10 aromatic rings. The number of hydrogen-bond donors (Lipinski definition) is 0. The van der Waals surface area contributed by atoms with Crippen molar-refractivity contribution in [1.82, 2.24) is 0 Å². The van der Waals surface area contributed by atoms with Gasteiger partial charge in [0.15, 0.2) is 0 Å². The van der Waals surface area contributed by atoms with Crippen LogP contribution in [-0.2, 0) is 0 Å². The molecule has 1 aromatic heterocycles. The van der Waals surface area contributed by atoms with E-state index in [4.69, 9.17) is 0 Å². The molecule has 0 aliphatic carbocycles. The minimum Gasteiger partial charge on any atom is -0.135 e. The average Bonchev–Trinajstić information content (AvgIpc) is 3.56. The maximum atomic E-state index is 2.36. The zero-order valence-electron chi connectivity index (χ0n) is 26.7.